The average Bonchev–Trinajstić information content (AvgIpc) is 2.27. The molecule has 1 amide bonds. The highest BCUT2D eigenvalue weighted by Crippen LogP contribution is 2.38. The van der Waals surface area contributed by atoms with Crippen molar-refractivity contribution in [1.82, 2.24) is 10.4 Å². The quantitative estimate of drug-likeness (QED) is 0.753. The minimum absolute atomic E-state index is 0.0254. The Balaban J connectivity index is 2.80. The third-order valence-corrected chi connectivity index (χ3v) is 3.64. The molecular weight excluding hydrogens is 260 g/mol. The smallest absolute Gasteiger partial charge is 0.230 e. The maximum absolute atomic E-state index is 11.3. The highest BCUT2D eigenvalue weighted by molar-refractivity contribution is 9.09. The monoisotopic (exact) mass is 278 g/mol. The van der Waals surface area contributed by atoms with Gasteiger partial charge < -0.3 is 10.5 Å². The molecule has 0 unspecified atom stereocenters. The van der Waals surface area contributed by atoms with E-state index in [0.717, 1.165) is 6.42 Å². The van der Waals surface area contributed by atoms with Gasteiger partial charge in [-0.3, -0.25) is 4.79 Å². The fourth-order valence-electron chi connectivity index (χ4n) is 2.22. The Hall–Kier alpha value is -0.130. The van der Waals surface area contributed by atoms with Crippen LogP contribution in [0.4, 0.5) is 0 Å². The lowest BCUT2D eigenvalue weighted by Gasteiger charge is -2.35. The Morgan fingerprint density at radius 2 is 2.07 bits per heavy atom. The molecule has 0 aromatic carbocycles. The summed E-state index contributed by atoms with van der Waals surface area (Å²) in [5, 5.41) is 14.6. The van der Waals surface area contributed by atoms with Crippen LogP contribution < -0.4 is 5.32 Å². The SMILES string of the molecule is CC1(C)C[C@@H](NC(=O)CBr)C(C)(C)N1O. The first-order valence-corrected chi connectivity index (χ1v) is 6.18. The summed E-state index contributed by atoms with van der Waals surface area (Å²) in [5.41, 5.74) is -0.727. The van der Waals surface area contributed by atoms with Crippen molar-refractivity contribution in [2.75, 3.05) is 5.33 Å². The largest absolute Gasteiger partial charge is 0.351 e. The predicted molar refractivity (Wildman–Crippen MR) is 62.1 cm³/mol. The minimum atomic E-state index is -0.429. The first-order chi connectivity index (χ1) is 6.71. The van der Waals surface area contributed by atoms with E-state index >= 15 is 0 Å². The maximum Gasteiger partial charge on any atom is 0.230 e. The fourth-order valence-corrected chi connectivity index (χ4v) is 2.39. The van der Waals surface area contributed by atoms with Gasteiger partial charge in [-0.2, -0.15) is 5.06 Å². The number of nitrogens with zero attached hydrogens (tertiary/aromatic N) is 1. The summed E-state index contributed by atoms with van der Waals surface area (Å²) < 4.78 is 0. The summed E-state index contributed by atoms with van der Waals surface area (Å²) in [7, 11) is 0. The Bertz CT molecular complexity index is 266. The molecule has 0 radical (unpaired) electrons. The minimum Gasteiger partial charge on any atom is -0.351 e. The van der Waals surface area contributed by atoms with Crippen molar-refractivity contribution in [3.63, 3.8) is 0 Å². The Morgan fingerprint density at radius 1 is 1.53 bits per heavy atom. The molecule has 1 fully saturated rings. The van der Waals surface area contributed by atoms with Crippen LogP contribution >= 0.6 is 15.9 Å². The fraction of sp³-hybridized carbons (Fsp3) is 0.900. The van der Waals surface area contributed by atoms with Crippen LogP contribution in [0.3, 0.4) is 0 Å². The molecule has 0 spiro atoms. The van der Waals surface area contributed by atoms with E-state index in [0.29, 0.717) is 5.33 Å². The molecule has 1 rings (SSSR count). The summed E-state index contributed by atoms with van der Waals surface area (Å²) in [6.45, 7) is 7.80. The molecule has 5 heteroatoms. The second kappa shape index (κ2) is 4.03. The number of carbonyl (C=O) groups excluding carboxylic acids is 1. The van der Waals surface area contributed by atoms with Gasteiger partial charge in [0.2, 0.25) is 5.91 Å². The van der Waals surface area contributed by atoms with E-state index in [2.05, 4.69) is 21.2 Å². The van der Waals surface area contributed by atoms with Gasteiger partial charge in [0.25, 0.3) is 0 Å². The van der Waals surface area contributed by atoms with E-state index in [1.54, 1.807) is 0 Å². The van der Waals surface area contributed by atoms with Crippen molar-refractivity contribution in [2.24, 2.45) is 0 Å². The molecular formula is C10H19BrN2O2. The van der Waals surface area contributed by atoms with Gasteiger partial charge in [0.1, 0.15) is 0 Å². The predicted octanol–water partition coefficient (Wildman–Crippen LogP) is 1.52. The summed E-state index contributed by atoms with van der Waals surface area (Å²) in [6, 6.07) is -0.0254. The summed E-state index contributed by atoms with van der Waals surface area (Å²) in [4.78, 5) is 11.3. The first kappa shape index (κ1) is 12.9. The summed E-state index contributed by atoms with van der Waals surface area (Å²) in [6.07, 6.45) is 0.745. The van der Waals surface area contributed by atoms with Gasteiger partial charge in [0.05, 0.1) is 16.9 Å². The molecule has 1 heterocycles. The number of carbonyl (C=O) groups is 1. The van der Waals surface area contributed by atoms with E-state index in [4.69, 9.17) is 0 Å². The van der Waals surface area contributed by atoms with E-state index in [1.165, 1.54) is 5.06 Å². The van der Waals surface area contributed by atoms with Crippen molar-refractivity contribution >= 4 is 21.8 Å². The van der Waals surface area contributed by atoms with Crippen LogP contribution in [0, 0.1) is 0 Å². The average molecular weight is 279 g/mol. The zero-order chi connectivity index (χ0) is 11.9. The van der Waals surface area contributed by atoms with Gasteiger partial charge >= 0.3 is 0 Å². The zero-order valence-electron chi connectivity index (χ0n) is 9.67. The van der Waals surface area contributed by atoms with Gasteiger partial charge in [0, 0.05) is 5.54 Å². The molecule has 0 saturated carbocycles. The van der Waals surface area contributed by atoms with Crippen molar-refractivity contribution < 1.29 is 10.0 Å². The summed E-state index contributed by atoms with van der Waals surface area (Å²) in [5.74, 6) is -0.0424. The number of hydrogen-bond donors (Lipinski definition) is 2. The normalized spacial score (nSPS) is 29.1. The number of hydrogen-bond acceptors (Lipinski definition) is 3. The lowest BCUT2D eigenvalue weighted by molar-refractivity contribution is -0.194. The number of hydroxylamine groups is 2. The molecule has 0 aromatic rings. The van der Waals surface area contributed by atoms with Crippen molar-refractivity contribution in [2.45, 2.75) is 51.2 Å². The van der Waals surface area contributed by atoms with Crippen LogP contribution in [-0.2, 0) is 4.79 Å². The number of halogens is 1. The Morgan fingerprint density at radius 3 is 2.40 bits per heavy atom. The van der Waals surface area contributed by atoms with E-state index in [1.807, 2.05) is 27.7 Å². The van der Waals surface area contributed by atoms with Crippen molar-refractivity contribution in [1.29, 1.82) is 0 Å². The van der Waals surface area contributed by atoms with Crippen molar-refractivity contribution in [3.8, 4) is 0 Å². The number of amides is 1. The van der Waals surface area contributed by atoms with Gasteiger partial charge in [-0.25, -0.2) is 0 Å². The molecule has 0 aliphatic carbocycles. The third kappa shape index (κ3) is 2.34. The van der Waals surface area contributed by atoms with Crippen LogP contribution in [0.5, 0.6) is 0 Å². The first-order valence-electron chi connectivity index (χ1n) is 5.06. The molecule has 1 atom stereocenters. The topological polar surface area (TPSA) is 52.6 Å². The third-order valence-electron chi connectivity index (χ3n) is 3.13. The lowest BCUT2D eigenvalue weighted by Crippen LogP contribution is -2.53. The van der Waals surface area contributed by atoms with Crippen LogP contribution in [0.2, 0.25) is 0 Å². The van der Waals surface area contributed by atoms with Crippen LogP contribution in [0.15, 0.2) is 0 Å². The molecule has 0 bridgehead atoms. The van der Waals surface area contributed by atoms with Gasteiger partial charge in [-0.1, -0.05) is 15.9 Å². The molecule has 4 nitrogen and oxygen atoms in total. The number of rotatable bonds is 2. The van der Waals surface area contributed by atoms with E-state index in [9.17, 15) is 10.0 Å². The highest BCUT2D eigenvalue weighted by atomic mass is 79.9. The van der Waals surface area contributed by atoms with Crippen LogP contribution in [0.25, 0.3) is 0 Å². The second-order valence-corrected chi connectivity index (χ2v) is 5.80. The molecule has 0 aromatic heterocycles. The van der Waals surface area contributed by atoms with Crippen molar-refractivity contribution in [3.05, 3.63) is 0 Å². The molecule has 88 valence electrons. The Labute approximate surface area is 99.1 Å². The van der Waals surface area contributed by atoms with Gasteiger partial charge in [-0.15, -0.1) is 0 Å². The summed E-state index contributed by atoms with van der Waals surface area (Å²) >= 11 is 3.12. The second-order valence-electron chi connectivity index (χ2n) is 5.24. The Kier molecular flexibility index (Phi) is 3.48. The number of nitrogens with one attached hydrogen (secondary N) is 1. The molecule has 1 aliphatic heterocycles. The zero-order valence-corrected chi connectivity index (χ0v) is 11.3. The molecule has 1 saturated heterocycles. The molecule has 15 heavy (non-hydrogen) atoms. The van der Waals surface area contributed by atoms with Crippen LogP contribution in [-0.4, -0.2) is 38.6 Å². The highest BCUT2D eigenvalue weighted by Gasteiger charge is 2.51. The van der Waals surface area contributed by atoms with Gasteiger partial charge in [-0.05, 0) is 34.1 Å². The lowest BCUT2D eigenvalue weighted by atomic mass is 9.94. The van der Waals surface area contributed by atoms with Gasteiger partial charge in [0.15, 0.2) is 0 Å². The molecule has 1 aliphatic rings. The number of alkyl halides is 1. The van der Waals surface area contributed by atoms with E-state index < -0.39 is 5.54 Å². The standard InChI is InChI=1S/C10H19BrN2O2/c1-9(2)5-7(12-8(14)6-11)10(3,4)13(9)15/h7,15H,5-6H2,1-4H3,(H,12,14)/t7-/m1/s1. The molecule has 2 N–H and O–H groups in total. The maximum atomic E-state index is 11.3. The van der Waals surface area contributed by atoms with E-state index in [-0.39, 0.29) is 17.5 Å². The van der Waals surface area contributed by atoms with Crippen LogP contribution in [0.1, 0.15) is 34.1 Å².